The van der Waals surface area contributed by atoms with Gasteiger partial charge >= 0.3 is 5.97 Å². The van der Waals surface area contributed by atoms with Crippen molar-refractivity contribution in [3.8, 4) is 0 Å². The van der Waals surface area contributed by atoms with Crippen LogP contribution in [0.15, 0.2) is 66.7 Å². The Kier molecular flexibility index (Phi) is 7.47. The van der Waals surface area contributed by atoms with E-state index in [9.17, 15) is 24.5 Å². The normalized spacial score (nSPS) is 13.1. The molecule has 0 aliphatic carbocycles. The number of amides is 2. The van der Waals surface area contributed by atoms with Crippen LogP contribution in [0.4, 0.5) is 17.1 Å². The number of carbonyl (C=O) groups is 3. The fourth-order valence-corrected chi connectivity index (χ4v) is 4.27. The molecule has 1 saturated heterocycles. The molecule has 10 heteroatoms. The fourth-order valence-electron chi connectivity index (χ4n) is 4.27. The lowest BCUT2D eigenvalue weighted by Gasteiger charge is -2.37. The number of anilines is 2. The summed E-state index contributed by atoms with van der Waals surface area (Å²) in [6.07, 6.45) is 0. The van der Waals surface area contributed by atoms with Gasteiger partial charge in [0.2, 0.25) is 0 Å². The lowest BCUT2D eigenvalue weighted by Crippen LogP contribution is -2.49. The van der Waals surface area contributed by atoms with E-state index in [0.29, 0.717) is 48.7 Å². The SMILES string of the molecule is COC(=O)c1ccc(N2CCN(C(=O)c3ccccc3)CC2)c(NC(=O)c2ccc([N+](=O)[O-])c(C)c2)c1. The minimum Gasteiger partial charge on any atom is -0.465 e. The number of hydrogen-bond acceptors (Lipinski definition) is 7. The summed E-state index contributed by atoms with van der Waals surface area (Å²) in [6.45, 7) is 3.59. The lowest BCUT2D eigenvalue weighted by atomic mass is 10.1. The molecule has 10 nitrogen and oxygen atoms in total. The first-order valence-corrected chi connectivity index (χ1v) is 11.7. The van der Waals surface area contributed by atoms with E-state index in [1.165, 1.54) is 25.3 Å². The van der Waals surface area contributed by atoms with Crippen molar-refractivity contribution < 1.29 is 24.0 Å². The molecule has 2 amide bonds. The quantitative estimate of drug-likeness (QED) is 0.308. The average molecular weight is 503 g/mol. The number of nitro groups is 1. The van der Waals surface area contributed by atoms with Crippen molar-refractivity contribution in [1.82, 2.24) is 4.90 Å². The molecule has 1 fully saturated rings. The van der Waals surface area contributed by atoms with Crippen molar-refractivity contribution >= 4 is 34.8 Å². The number of carbonyl (C=O) groups excluding carboxylic acids is 3. The summed E-state index contributed by atoms with van der Waals surface area (Å²) in [5.41, 5.74) is 2.51. The number of aryl methyl sites for hydroxylation is 1. The largest absolute Gasteiger partial charge is 0.465 e. The van der Waals surface area contributed by atoms with Crippen LogP contribution in [-0.2, 0) is 4.74 Å². The van der Waals surface area contributed by atoms with Crippen LogP contribution in [0.25, 0.3) is 0 Å². The van der Waals surface area contributed by atoms with E-state index in [2.05, 4.69) is 5.32 Å². The number of benzene rings is 3. The standard InChI is InChI=1S/C27H26N4O6/c1-18-16-20(8-10-23(18)31(35)36)25(32)28-22-17-21(27(34)37-2)9-11-24(22)29-12-14-30(15-13-29)26(33)19-6-4-3-5-7-19/h3-11,16-17H,12-15H2,1-2H3,(H,28,32). The summed E-state index contributed by atoms with van der Waals surface area (Å²) >= 11 is 0. The second kappa shape index (κ2) is 10.9. The van der Waals surface area contributed by atoms with E-state index in [1.54, 1.807) is 42.2 Å². The van der Waals surface area contributed by atoms with Gasteiger partial charge in [-0.25, -0.2) is 4.79 Å². The fraction of sp³-hybridized carbons (Fsp3) is 0.222. The van der Waals surface area contributed by atoms with Crippen molar-refractivity contribution in [2.45, 2.75) is 6.92 Å². The Balaban J connectivity index is 1.56. The maximum absolute atomic E-state index is 13.1. The molecule has 0 spiro atoms. The first kappa shape index (κ1) is 25.4. The molecule has 0 bridgehead atoms. The van der Waals surface area contributed by atoms with E-state index in [0.717, 1.165) is 0 Å². The summed E-state index contributed by atoms with van der Waals surface area (Å²) in [5.74, 6) is -1.06. The van der Waals surface area contributed by atoms with Gasteiger partial charge < -0.3 is 19.9 Å². The Morgan fingerprint density at radius 2 is 1.57 bits per heavy atom. The number of piperazine rings is 1. The second-order valence-electron chi connectivity index (χ2n) is 8.58. The third-order valence-corrected chi connectivity index (χ3v) is 6.25. The van der Waals surface area contributed by atoms with Gasteiger partial charge in [-0.3, -0.25) is 19.7 Å². The average Bonchev–Trinajstić information content (AvgIpc) is 2.92. The molecule has 1 heterocycles. The number of esters is 1. The van der Waals surface area contributed by atoms with E-state index < -0.39 is 16.8 Å². The van der Waals surface area contributed by atoms with Crippen LogP contribution in [0, 0.1) is 17.0 Å². The number of nitrogens with zero attached hydrogens (tertiary/aromatic N) is 3. The van der Waals surface area contributed by atoms with Crippen LogP contribution in [-0.4, -0.2) is 60.9 Å². The van der Waals surface area contributed by atoms with Crippen LogP contribution < -0.4 is 10.2 Å². The third-order valence-electron chi connectivity index (χ3n) is 6.25. The molecule has 1 N–H and O–H groups in total. The highest BCUT2D eigenvalue weighted by Crippen LogP contribution is 2.30. The van der Waals surface area contributed by atoms with Crippen LogP contribution in [0.1, 0.15) is 36.6 Å². The molecule has 37 heavy (non-hydrogen) atoms. The summed E-state index contributed by atoms with van der Waals surface area (Å²) in [6, 6.07) is 18.1. The highest BCUT2D eigenvalue weighted by Gasteiger charge is 2.25. The first-order chi connectivity index (χ1) is 17.8. The zero-order chi connectivity index (χ0) is 26.5. The molecule has 3 aromatic rings. The lowest BCUT2D eigenvalue weighted by molar-refractivity contribution is -0.385. The van der Waals surface area contributed by atoms with Gasteiger partial charge in [-0.1, -0.05) is 18.2 Å². The predicted octanol–water partition coefficient (Wildman–Crippen LogP) is 3.90. The maximum Gasteiger partial charge on any atom is 0.337 e. The second-order valence-corrected chi connectivity index (χ2v) is 8.58. The van der Waals surface area contributed by atoms with Crippen LogP contribution in [0.2, 0.25) is 0 Å². The molecule has 1 aliphatic rings. The number of nitro benzene ring substituents is 1. The number of ether oxygens (including phenoxy) is 1. The van der Waals surface area contributed by atoms with Crippen LogP contribution in [0.3, 0.4) is 0 Å². The van der Waals surface area contributed by atoms with E-state index >= 15 is 0 Å². The molecule has 0 radical (unpaired) electrons. The molecular weight excluding hydrogens is 476 g/mol. The summed E-state index contributed by atoms with van der Waals surface area (Å²) in [4.78, 5) is 52.5. The van der Waals surface area contributed by atoms with Gasteiger partial charge in [0.15, 0.2) is 0 Å². The first-order valence-electron chi connectivity index (χ1n) is 11.7. The molecule has 0 saturated carbocycles. The van der Waals surface area contributed by atoms with Gasteiger partial charge in [0.05, 0.1) is 29.0 Å². The molecule has 0 aromatic heterocycles. The van der Waals surface area contributed by atoms with E-state index in [4.69, 9.17) is 4.74 Å². The summed E-state index contributed by atoms with van der Waals surface area (Å²) in [5, 5.41) is 14.0. The smallest absolute Gasteiger partial charge is 0.337 e. The monoisotopic (exact) mass is 502 g/mol. The van der Waals surface area contributed by atoms with Crippen LogP contribution >= 0.6 is 0 Å². The number of methoxy groups -OCH3 is 1. The highest BCUT2D eigenvalue weighted by molar-refractivity contribution is 6.07. The minimum absolute atomic E-state index is 0.0386. The molecule has 4 rings (SSSR count). The Morgan fingerprint density at radius 3 is 2.19 bits per heavy atom. The number of rotatable bonds is 6. The molecule has 0 atom stereocenters. The Labute approximate surface area is 213 Å². The van der Waals surface area contributed by atoms with Crippen molar-refractivity contribution in [3.63, 3.8) is 0 Å². The van der Waals surface area contributed by atoms with Gasteiger partial charge in [0.1, 0.15) is 0 Å². The Hall–Kier alpha value is -4.73. The van der Waals surface area contributed by atoms with Crippen molar-refractivity contribution in [1.29, 1.82) is 0 Å². The van der Waals surface area contributed by atoms with Gasteiger partial charge in [-0.2, -0.15) is 0 Å². The van der Waals surface area contributed by atoms with Gasteiger partial charge in [0, 0.05) is 48.9 Å². The van der Waals surface area contributed by atoms with Gasteiger partial charge in [-0.05, 0) is 49.4 Å². The van der Waals surface area contributed by atoms with Crippen molar-refractivity contribution in [3.05, 3.63) is 99.1 Å². The zero-order valence-corrected chi connectivity index (χ0v) is 20.5. The minimum atomic E-state index is -0.550. The molecule has 0 unspecified atom stereocenters. The highest BCUT2D eigenvalue weighted by atomic mass is 16.6. The van der Waals surface area contributed by atoms with Crippen molar-refractivity contribution in [2.24, 2.45) is 0 Å². The van der Waals surface area contributed by atoms with Gasteiger partial charge in [0.25, 0.3) is 17.5 Å². The van der Waals surface area contributed by atoms with E-state index in [-0.39, 0.29) is 22.7 Å². The molecular formula is C27H26N4O6. The summed E-state index contributed by atoms with van der Waals surface area (Å²) in [7, 11) is 1.27. The van der Waals surface area contributed by atoms with Gasteiger partial charge in [-0.15, -0.1) is 0 Å². The molecule has 190 valence electrons. The summed E-state index contributed by atoms with van der Waals surface area (Å²) < 4.78 is 4.83. The van der Waals surface area contributed by atoms with Crippen molar-refractivity contribution in [2.75, 3.05) is 43.5 Å². The number of nitrogens with one attached hydrogen (secondary N) is 1. The number of hydrogen-bond donors (Lipinski definition) is 1. The van der Waals surface area contributed by atoms with Crippen LogP contribution in [0.5, 0.6) is 0 Å². The predicted molar refractivity (Wildman–Crippen MR) is 138 cm³/mol. The zero-order valence-electron chi connectivity index (χ0n) is 20.5. The maximum atomic E-state index is 13.1. The molecule has 3 aromatic carbocycles. The van der Waals surface area contributed by atoms with E-state index in [1.807, 2.05) is 23.1 Å². The Morgan fingerprint density at radius 1 is 0.892 bits per heavy atom. The third kappa shape index (κ3) is 5.58. The topological polar surface area (TPSA) is 122 Å². The molecule has 1 aliphatic heterocycles. The Bertz CT molecular complexity index is 1350.